The Morgan fingerprint density at radius 3 is 2.65 bits per heavy atom. The normalized spacial score (nSPS) is 11.0. The number of esters is 1. The average Bonchev–Trinajstić information content (AvgIpc) is 2.46. The van der Waals surface area contributed by atoms with Crippen LogP contribution in [0.3, 0.4) is 0 Å². The minimum atomic E-state index is -1.41. The maximum Gasteiger partial charge on any atom is 0.326 e. The second-order valence-corrected chi connectivity index (χ2v) is 3.69. The first-order chi connectivity index (χ1) is 9.47. The van der Waals surface area contributed by atoms with E-state index < -0.39 is 30.3 Å². The van der Waals surface area contributed by atoms with E-state index in [-0.39, 0.29) is 11.3 Å². The molecule has 0 saturated heterocycles. The Morgan fingerprint density at radius 2 is 2.20 bits per heavy atom. The van der Waals surface area contributed by atoms with Gasteiger partial charge < -0.3 is 15.2 Å². The van der Waals surface area contributed by atoms with Gasteiger partial charge in [-0.2, -0.15) is 5.26 Å². The third-order valence-corrected chi connectivity index (χ3v) is 2.33. The number of carbonyl (C=O) groups is 3. The first kappa shape index (κ1) is 15.1. The lowest BCUT2D eigenvalue weighted by Crippen LogP contribution is -2.42. The lowest BCUT2D eigenvalue weighted by atomic mass is 10.2. The molecule has 0 fully saturated rings. The van der Waals surface area contributed by atoms with Gasteiger partial charge in [-0.1, -0.05) is 0 Å². The number of methoxy groups -OCH3 is 1. The number of rotatable bonds is 5. The molecule has 8 heteroatoms. The van der Waals surface area contributed by atoms with Gasteiger partial charge in [0, 0.05) is 6.20 Å². The molecule has 1 rings (SSSR count). The summed E-state index contributed by atoms with van der Waals surface area (Å²) in [5.41, 5.74) is 0.214. The number of nitrogens with zero attached hydrogens (tertiary/aromatic N) is 2. The minimum absolute atomic E-state index is 0.0554. The molecule has 0 radical (unpaired) electrons. The summed E-state index contributed by atoms with van der Waals surface area (Å²) in [6.07, 6.45) is 0.693. The molecule has 1 amide bonds. The summed E-state index contributed by atoms with van der Waals surface area (Å²) in [6, 6.07) is 3.08. The summed E-state index contributed by atoms with van der Waals surface area (Å²) in [4.78, 5) is 37.4. The van der Waals surface area contributed by atoms with Gasteiger partial charge in [0.25, 0.3) is 5.91 Å². The number of aliphatic carboxylic acids is 1. The topological polar surface area (TPSA) is 129 Å². The first-order valence-corrected chi connectivity index (χ1v) is 5.44. The number of nitriles is 1. The highest BCUT2D eigenvalue weighted by atomic mass is 16.5. The van der Waals surface area contributed by atoms with Crippen LogP contribution in [0.5, 0.6) is 0 Å². The number of hydrogen-bond donors (Lipinski definition) is 2. The zero-order valence-electron chi connectivity index (χ0n) is 10.5. The molecule has 20 heavy (non-hydrogen) atoms. The second kappa shape index (κ2) is 6.84. The highest BCUT2D eigenvalue weighted by Gasteiger charge is 2.24. The summed E-state index contributed by atoms with van der Waals surface area (Å²) in [5, 5.41) is 19.7. The average molecular weight is 277 g/mol. The summed E-state index contributed by atoms with van der Waals surface area (Å²) in [7, 11) is 1.12. The molecule has 104 valence electrons. The Morgan fingerprint density at radius 1 is 1.50 bits per heavy atom. The van der Waals surface area contributed by atoms with Crippen molar-refractivity contribution in [2.45, 2.75) is 12.5 Å². The molecule has 0 aliphatic rings. The van der Waals surface area contributed by atoms with Crippen molar-refractivity contribution in [3.05, 3.63) is 29.6 Å². The third-order valence-electron chi connectivity index (χ3n) is 2.33. The van der Waals surface area contributed by atoms with Gasteiger partial charge >= 0.3 is 11.9 Å². The zero-order valence-corrected chi connectivity index (χ0v) is 10.5. The predicted octanol–water partition coefficient (Wildman–Crippen LogP) is -0.301. The Kier molecular flexibility index (Phi) is 5.17. The maximum absolute atomic E-state index is 11.8. The number of aromatic nitrogens is 1. The number of ether oxygens (including phenoxy) is 1. The monoisotopic (exact) mass is 277 g/mol. The van der Waals surface area contributed by atoms with Crippen molar-refractivity contribution in [3.63, 3.8) is 0 Å². The molecule has 1 heterocycles. The molecule has 0 spiro atoms. The van der Waals surface area contributed by atoms with E-state index in [9.17, 15) is 14.4 Å². The molecule has 2 N–H and O–H groups in total. The van der Waals surface area contributed by atoms with Gasteiger partial charge in [0.1, 0.15) is 17.8 Å². The van der Waals surface area contributed by atoms with Crippen LogP contribution in [0.15, 0.2) is 18.3 Å². The molecule has 0 aromatic carbocycles. The van der Waals surface area contributed by atoms with Crippen molar-refractivity contribution in [2.75, 3.05) is 7.11 Å². The van der Waals surface area contributed by atoms with E-state index in [0.717, 1.165) is 7.11 Å². The highest BCUT2D eigenvalue weighted by Crippen LogP contribution is 2.01. The highest BCUT2D eigenvalue weighted by molar-refractivity contribution is 5.95. The van der Waals surface area contributed by atoms with Gasteiger partial charge in [-0.25, -0.2) is 9.78 Å². The molecule has 1 aromatic heterocycles. The van der Waals surface area contributed by atoms with Crippen molar-refractivity contribution in [1.29, 1.82) is 5.26 Å². The molecular weight excluding hydrogens is 266 g/mol. The van der Waals surface area contributed by atoms with Gasteiger partial charge in [0.2, 0.25) is 0 Å². The van der Waals surface area contributed by atoms with Crippen molar-refractivity contribution >= 4 is 17.8 Å². The number of pyridine rings is 1. The van der Waals surface area contributed by atoms with Crippen LogP contribution in [0.1, 0.15) is 22.5 Å². The third kappa shape index (κ3) is 4.06. The molecule has 1 aromatic rings. The number of hydrogen-bond acceptors (Lipinski definition) is 6. The number of nitrogens with one attached hydrogen (secondary N) is 1. The van der Waals surface area contributed by atoms with Crippen molar-refractivity contribution in [1.82, 2.24) is 10.3 Å². The van der Waals surface area contributed by atoms with Crippen LogP contribution in [-0.2, 0) is 14.3 Å². The Hall–Kier alpha value is -2.95. The van der Waals surface area contributed by atoms with E-state index in [1.54, 1.807) is 0 Å². The van der Waals surface area contributed by atoms with Crippen LogP contribution in [-0.4, -0.2) is 41.1 Å². The van der Waals surface area contributed by atoms with Crippen LogP contribution in [0.4, 0.5) is 0 Å². The summed E-state index contributed by atoms with van der Waals surface area (Å²) >= 11 is 0. The zero-order chi connectivity index (χ0) is 15.1. The molecule has 0 bridgehead atoms. The van der Waals surface area contributed by atoms with Gasteiger partial charge in [-0.05, 0) is 12.1 Å². The van der Waals surface area contributed by atoms with E-state index in [1.807, 2.05) is 6.07 Å². The van der Waals surface area contributed by atoms with Gasteiger partial charge in [0.05, 0.1) is 19.1 Å². The molecule has 8 nitrogen and oxygen atoms in total. The first-order valence-electron chi connectivity index (χ1n) is 5.44. The van der Waals surface area contributed by atoms with Crippen LogP contribution in [0, 0.1) is 11.3 Å². The standard InChI is InChI=1S/C12H11N3O5/c1-20-10(16)4-9(12(18)19)15-11(17)8-3-2-7(5-13)6-14-8/h2-3,6,9H,4H2,1H3,(H,15,17)(H,18,19)/t9-/m0/s1. The Balaban J connectivity index is 2.77. The largest absolute Gasteiger partial charge is 0.480 e. The maximum atomic E-state index is 11.8. The van der Waals surface area contributed by atoms with Gasteiger partial charge in [-0.15, -0.1) is 0 Å². The predicted molar refractivity (Wildman–Crippen MR) is 64.5 cm³/mol. The van der Waals surface area contributed by atoms with Crippen molar-refractivity contribution in [3.8, 4) is 6.07 Å². The fourth-order valence-corrected chi connectivity index (χ4v) is 1.28. The number of amides is 1. The Bertz CT molecular complexity index is 561. The summed E-state index contributed by atoms with van der Waals surface area (Å²) in [5.74, 6) is -2.88. The molecular formula is C12H11N3O5. The van der Waals surface area contributed by atoms with Crippen molar-refractivity contribution in [2.24, 2.45) is 0 Å². The molecule has 0 unspecified atom stereocenters. The van der Waals surface area contributed by atoms with Gasteiger partial charge in [0.15, 0.2) is 0 Å². The van der Waals surface area contributed by atoms with Crippen LogP contribution in [0.2, 0.25) is 0 Å². The fraction of sp³-hybridized carbons (Fsp3) is 0.250. The van der Waals surface area contributed by atoms with E-state index in [4.69, 9.17) is 10.4 Å². The van der Waals surface area contributed by atoms with Crippen LogP contribution < -0.4 is 5.32 Å². The summed E-state index contributed by atoms with van der Waals surface area (Å²) in [6.45, 7) is 0. The molecule has 1 atom stereocenters. The minimum Gasteiger partial charge on any atom is -0.480 e. The SMILES string of the molecule is COC(=O)C[C@H](NC(=O)c1ccc(C#N)cn1)C(=O)O. The lowest BCUT2D eigenvalue weighted by Gasteiger charge is -2.12. The quantitative estimate of drug-likeness (QED) is 0.706. The molecule has 0 saturated carbocycles. The van der Waals surface area contributed by atoms with E-state index in [1.165, 1.54) is 18.3 Å². The molecule has 0 aliphatic carbocycles. The number of carbonyl (C=O) groups excluding carboxylic acids is 2. The van der Waals surface area contributed by atoms with E-state index in [0.29, 0.717) is 0 Å². The molecule has 0 aliphatic heterocycles. The summed E-state index contributed by atoms with van der Waals surface area (Å²) < 4.78 is 4.34. The Labute approximate surface area is 114 Å². The van der Waals surface area contributed by atoms with Gasteiger partial charge in [-0.3, -0.25) is 9.59 Å². The van der Waals surface area contributed by atoms with E-state index in [2.05, 4.69) is 15.0 Å². The fourth-order valence-electron chi connectivity index (χ4n) is 1.28. The van der Waals surface area contributed by atoms with E-state index >= 15 is 0 Å². The van der Waals surface area contributed by atoms with Crippen LogP contribution in [0.25, 0.3) is 0 Å². The second-order valence-electron chi connectivity index (χ2n) is 3.69. The lowest BCUT2D eigenvalue weighted by molar-refractivity contribution is -0.147. The van der Waals surface area contributed by atoms with Crippen molar-refractivity contribution < 1.29 is 24.2 Å². The van der Waals surface area contributed by atoms with Crippen LogP contribution >= 0.6 is 0 Å². The number of carboxylic acid groups (broad SMARTS) is 1. The smallest absolute Gasteiger partial charge is 0.326 e. The number of carboxylic acids is 1.